The predicted octanol–water partition coefficient (Wildman–Crippen LogP) is 6.47. The molecule has 2 aromatic heterocycles. The number of nitrogens with zero attached hydrogens (tertiary/aromatic N) is 3. The highest BCUT2D eigenvalue weighted by molar-refractivity contribution is 6.14. The molecule has 156 valence electrons. The molecule has 0 aliphatic heterocycles. The van der Waals surface area contributed by atoms with E-state index >= 15 is 0 Å². The average Bonchev–Trinajstić information content (AvgIpc) is 3.22. The fourth-order valence-corrected chi connectivity index (χ4v) is 4.71. The monoisotopic (exact) mass is 426 g/mol. The third-order valence-electron chi connectivity index (χ3n) is 6.39. The van der Waals surface area contributed by atoms with Crippen molar-refractivity contribution in [2.45, 2.75) is 6.92 Å². The molecule has 4 aromatic carbocycles. The Morgan fingerprint density at radius 3 is 2.42 bits per heavy atom. The van der Waals surface area contributed by atoms with Gasteiger partial charge in [-0.1, -0.05) is 48.5 Å². The van der Waals surface area contributed by atoms with Crippen molar-refractivity contribution in [2.75, 3.05) is 0 Å². The fraction of sp³-hybridized carbons (Fsp3) is 0.0690. The van der Waals surface area contributed by atoms with E-state index in [1.165, 1.54) is 5.39 Å². The van der Waals surface area contributed by atoms with Gasteiger partial charge in [-0.25, -0.2) is 0 Å². The summed E-state index contributed by atoms with van der Waals surface area (Å²) >= 11 is 0. The summed E-state index contributed by atoms with van der Waals surface area (Å²) in [7, 11) is 2.01. The van der Waals surface area contributed by atoms with Crippen LogP contribution in [0.15, 0.2) is 89.7 Å². The Balaban J connectivity index is 1.72. The fourth-order valence-electron chi connectivity index (χ4n) is 4.71. The van der Waals surface area contributed by atoms with Crippen molar-refractivity contribution in [1.29, 1.82) is 5.26 Å². The third-order valence-corrected chi connectivity index (χ3v) is 6.39. The number of hydrogen-bond donors (Lipinski definition) is 0. The number of aryl methyl sites for hydroxylation is 2. The lowest BCUT2D eigenvalue weighted by Crippen LogP contribution is -2.30. The average molecular weight is 426 g/mol. The summed E-state index contributed by atoms with van der Waals surface area (Å²) < 4.78 is 8.67. The Labute approximate surface area is 191 Å². The molecule has 0 N–H and O–H groups in total. The first-order valence-corrected chi connectivity index (χ1v) is 10.8. The zero-order valence-electron chi connectivity index (χ0n) is 18.3. The van der Waals surface area contributed by atoms with Crippen molar-refractivity contribution in [1.82, 2.24) is 4.98 Å². The van der Waals surface area contributed by atoms with Crippen LogP contribution in [0.5, 0.6) is 0 Å². The minimum Gasteiger partial charge on any atom is -0.454 e. The normalized spacial score (nSPS) is 11.3. The molecule has 0 fully saturated rings. The number of furan rings is 1. The zero-order valence-corrected chi connectivity index (χ0v) is 18.3. The van der Waals surface area contributed by atoms with Crippen LogP contribution in [0, 0.1) is 18.3 Å². The molecule has 6 rings (SSSR count). The SMILES string of the molecule is Cc1ccc2c(oc3c(-c4ccc5ccccc5c4)c(C#N)ccc32)c1-c1cncc[n+]1C. The number of hydrogen-bond acceptors (Lipinski definition) is 3. The summed E-state index contributed by atoms with van der Waals surface area (Å²) in [5.74, 6) is 0. The molecule has 0 unspecified atom stereocenters. The molecule has 0 saturated carbocycles. The molecule has 0 spiro atoms. The van der Waals surface area contributed by atoms with Crippen LogP contribution >= 0.6 is 0 Å². The van der Waals surface area contributed by atoms with E-state index in [1.54, 1.807) is 6.20 Å². The Kier molecular flexibility index (Phi) is 4.24. The molecule has 0 atom stereocenters. The summed E-state index contributed by atoms with van der Waals surface area (Å²) in [5, 5.41) is 14.3. The molecule has 4 heteroatoms. The lowest BCUT2D eigenvalue weighted by Gasteiger charge is -2.07. The van der Waals surface area contributed by atoms with Gasteiger partial charge in [-0.2, -0.15) is 9.83 Å². The van der Waals surface area contributed by atoms with Gasteiger partial charge in [-0.05, 0) is 47.0 Å². The van der Waals surface area contributed by atoms with Crippen LogP contribution in [0.3, 0.4) is 0 Å². The van der Waals surface area contributed by atoms with Gasteiger partial charge in [0.25, 0.3) is 0 Å². The maximum atomic E-state index is 9.94. The number of aromatic nitrogens is 2. The molecular formula is C29H20N3O+. The first-order valence-electron chi connectivity index (χ1n) is 10.8. The van der Waals surface area contributed by atoms with Crippen LogP contribution in [-0.4, -0.2) is 4.98 Å². The summed E-state index contributed by atoms with van der Waals surface area (Å²) in [6.45, 7) is 2.08. The van der Waals surface area contributed by atoms with Crippen molar-refractivity contribution in [3.63, 3.8) is 0 Å². The van der Waals surface area contributed by atoms with E-state index < -0.39 is 0 Å². The van der Waals surface area contributed by atoms with Gasteiger partial charge >= 0.3 is 0 Å². The number of nitriles is 1. The lowest BCUT2D eigenvalue weighted by molar-refractivity contribution is -0.660. The van der Waals surface area contributed by atoms with Gasteiger partial charge in [0, 0.05) is 16.3 Å². The minimum absolute atomic E-state index is 0.599. The predicted molar refractivity (Wildman–Crippen MR) is 131 cm³/mol. The Morgan fingerprint density at radius 2 is 1.64 bits per heavy atom. The lowest BCUT2D eigenvalue weighted by atomic mass is 9.95. The molecule has 33 heavy (non-hydrogen) atoms. The maximum absolute atomic E-state index is 9.94. The van der Waals surface area contributed by atoms with Gasteiger partial charge in [0.15, 0.2) is 6.20 Å². The standard InChI is InChI=1S/C29H20N3O/c1-18-7-11-23-24-12-10-22(16-30)27(21-9-8-19-5-3-4-6-20(19)15-21)29(24)33-28(23)26(18)25-17-31-13-14-32(25)2/h3-15,17H,1-2H3/q+1. The van der Waals surface area contributed by atoms with Crippen LogP contribution < -0.4 is 4.57 Å². The highest BCUT2D eigenvalue weighted by atomic mass is 16.3. The van der Waals surface area contributed by atoms with Gasteiger partial charge < -0.3 is 4.42 Å². The van der Waals surface area contributed by atoms with E-state index in [1.807, 2.05) is 48.3 Å². The second kappa shape index (κ2) is 7.29. The van der Waals surface area contributed by atoms with Gasteiger partial charge in [0.2, 0.25) is 5.69 Å². The molecular weight excluding hydrogens is 406 g/mol. The number of rotatable bonds is 2. The van der Waals surface area contributed by atoms with Crippen molar-refractivity contribution in [3.05, 3.63) is 96.4 Å². The van der Waals surface area contributed by atoms with E-state index in [0.29, 0.717) is 5.56 Å². The van der Waals surface area contributed by atoms with Gasteiger partial charge in [0.05, 0.1) is 29.6 Å². The van der Waals surface area contributed by atoms with Crippen molar-refractivity contribution >= 4 is 32.7 Å². The molecule has 4 nitrogen and oxygen atoms in total. The number of benzene rings is 4. The van der Waals surface area contributed by atoms with Crippen molar-refractivity contribution < 1.29 is 8.98 Å². The van der Waals surface area contributed by atoms with Crippen LogP contribution in [-0.2, 0) is 7.05 Å². The van der Waals surface area contributed by atoms with E-state index in [-0.39, 0.29) is 0 Å². The third kappa shape index (κ3) is 2.90. The molecule has 0 saturated heterocycles. The quantitative estimate of drug-likeness (QED) is 0.298. The molecule has 0 amide bonds. The second-order valence-corrected chi connectivity index (χ2v) is 8.35. The molecule has 0 aliphatic rings. The number of fused-ring (bicyclic) bond motifs is 4. The molecule has 0 aliphatic carbocycles. The second-order valence-electron chi connectivity index (χ2n) is 8.35. The summed E-state index contributed by atoms with van der Waals surface area (Å²) in [6.07, 6.45) is 5.57. The van der Waals surface area contributed by atoms with Crippen molar-refractivity contribution in [2.24, 2.45) is 7.05 Å². The Morgan fingerprint density at radius 1 is 0.879 bits per heavy atom. The molecule has 6 aromatic rings. The Hall–Kier alpha value is -4.49. The summed E-state index contributed by atoms with van der Waals surface area (Å²) in [5.41, 5.74) is 7.05. The van der Waals surface area contributed by atoms with E-state index in [4.69, 9.17) is 4.42 Å². The zero-order chi connectivity index (χ0) is 22.5. The first-order chi connectivity index (χ1) is 16.2. The molecule has 0 bridgehead atoms. The smallest absolute Gasteiger partial charge is 0.234 e. The largest absolute Gasteiger partial charge is 0.454 e. The minimum atomic E-state index is 0.599. The van der Waals surface area contributed by atoms with Gasteiger partial charge in [-0.15, -0.1) is 0 Å². The Bertz CT molecular complexity index is 1760. The first kappa shape index (κ1) is 19.2. The van der Waals surface area contributed by atoms with E-state index in [2.05, 4.69) is 60.4 Å². The van der Waals surface area contributed by atoms with Crippen molar-refractivity contribution in [3.8, 4) is 28.5 Å². The van der Waals surface area contributed by atoms with Crippen LogP contribution in [0.4, 0.5) is 0 Å². The van der Waals surface area contributed by atoms with Crippen LogP contribution in [0.25, 0.3) is 55.1 Å². The van der Waals surface area contributed by atoms with Crippen LogP contribution in [0.1, 0.15) is 11.1 Å². The highest BCUT2D eigenvalue weighted by Crippen LogP contribution is 2.42. The highest BCUT2D eigenvalue weighted by Gasteiger charge is 2.23. The van der Waals surface area contributed by atoms with E-state index in [9.17, 15) is 5.26 Å². The molecule has 0 radical (unpaired) electrons. The van der Waals surface area contributed by atoms with Crippen LogP contribution in [0.2, 0.25) is 0 Å². The maximum Gasteiger partial charge on any atom is 0.234 e. The van der Waals surface area contributed by atoms with E-state index in [0.717, 1.165) is 55.3 Å². The summed E-state index contributed by atoms with van der Waals surface area (Å²) in [4.78, 5) is 4.34. The molecule has 2 heterocycles. The summed E-state index contributed by atoms with van der Waals surface area (Å²) in [6, 6.07) is 25.0. The van der Waals surface area contributed by atoms with Gasteiger partial charge in [-0.3, -0.25) is 4.98 Å². The van der Waals surface area contributed by atoms with Gasteiger partial charge in [0.1, 0.15) is 18.2 Å². The topological polar surface area (TPSA) is 53.7 Å².